The molecule has 0 aliphatic carbocycles. The highest BCUT2D eigenvalue weighted by Gasteiger charge is 2.26. The Kier molecular flexibility index (Phi) is 11.3. The number of anilines is 1. The second-order valence-corrected chi connectivity index (χ2v) is 7.65. The number of unbranched alkanes of at least 4 members (excludes halogenated alkanes) is 1. The molecule has 0 bridgehead atoms. The summed E-state index contributed by atoms with van der Waals surface area (Å²) in [5, 5.41) is 17.1. The fraction of sp³-hybridized carbons (Fsp3) is 0.545. The smallest absolute Gasteiger partial charge is 0.305 e. The molecule has 1 unspecified atom stereocenters. The number of rotatable bonds is 12. The van der Waals surface area contributed by atoms with Gasteiger partial charge in [0.25, 0.3) is 0 Å². The summed E-state index contributed by atoms with van der Waals surface area (Å²) in [7, 11) is 1.31. The van der Waals surface area contributed by atoms with Gasteiger partial charge in [-0.3, -0.25) is 19.2 Å². The average molecular weight is 436 g/mol. The van der Waals surface area contributed by atoms with Gasteiger partial charge in [0.1, 0.15) is 12.1 Å². The molecule has 9 heteroatoms. The maximum absolute atomic E-state index is 12.6. The van der Waals surface area contributed by atoms with E-state index in [1.54, 1.807) is 45.0 Å². The maximum atomic E-state index is 12.6. The standard InChI is InChI=1S/C22H33N3O6/c1-14(2)20(25-18(27)7-5-6-8-19(28)31-4)22(30)23-15(3)21(29)24-17-11-9-16(13-26)10-12-17/h9-12,14-15,20,26H,5-8,13H2,1-4H3,(H,23,30)(H,24,29)(H,25,27)/t15-,20?/m0/s1. The number of carbonyl (C=O) groups is 4. The third-order valence-electron chi connectivity index (χ3n) is 4.68. The van der Waals surface area contributed by atoms with E-state index in [4.69, 9.17) is 5.11 Å². The number of ether oxygens (including phenoxy) is 1. The number of esters is 1. The summed E-state index contributed by atoms with van der Waals surface area (Å²) in [6.07, 6.45) is 1.46. The van der Waals surface area contributed by atoms with Gasteiger partial charge in [-0.2, -0.15) is 0 Å². The van der Waals surface area contributed by atoms with E-state index in [-0.39, 0.29) is 37.2 Å². The van der Waals surface area contributed by atoms with Gasteiger partial charge >= 0.3 is 5.97 Å². The summed E-state index contributed by atoms with van der Waals surface area (Å²) >= 11 is 0. The van der Waals surface area contributed by atoms with Crippen LogP contribution in [0.3, 0.4) is 0 Å². The zero-order valence-corrected chi connectivity index (χ0v) is 18.6. The Hall–Kier alpha value is -2.94. The average Bonchev–Trinajstić information content (AvgIpc) is 2.74. The van der Waals surface area contributed by atoms with Gasteiger partial charge in [0.05, 0.1) is 13.7 Å². The Morgan fingerprint density at radius 1 is 0.935 bits per heavy atom. The minimum atomic E-state index is -0.816. The van der Waals surface area contributed by atoms with Gasteiger partial charge in [0.2, 0.25) is 17.7 Å². The van der Waals surface area contributed by atoms with Crippen LogP contribution in [0.1, 0.15) is 52.0 Å². The van der Waals surface area contributed by atoms with Crippen molar-refractivity contribution in [3.63, 3.8) is 0 Å². The van der Waals surface area contributed by atoms with Gasteiger partial charge in [0.15, 0.2) is 0 Å². The molecule has 0 aliphatic heterocycles. The van der Waals surface area contributed by atoms with Crippen molar-refractivity contribution in [1.29, 1.82) is 0 Å². The maximum Gasteiger partial charge on any atom is 0.305 e. The lowest BCUT2D eigenvalue weighted by Crippen LogP contribution is -2.53. The number of carbonyl (C=O) groups excluding carboxylic acids is 4. The van der Waals surface area contributed by atoms with Crippen molar-refractivity contribution in [2.45, 2.75) is 65.1 Å². The second kappa shape index (κ2) is 13.4. The predicted molar refractivity (Wildman–Crippen MR) is 116 cm³/mol. The van der Waals surface area contributed by atoms with E-state index >= 15 is 0 Å². The molecule has 0 saturated heterocycles. The van der Waals surface area contributed by atoms with Gasteiger partial charge in [-0.05, 0) is 43.4 Å². The first kappa shape index (κ1) is 26.1. The van der Waals surface area contributed by atoms with Crippen LogP contribution in [-0.4, -0.2) is 48.0 Å². The molecule has 0 aliphatic rings. The van der Waals surface area contributed by atoms with E-state index in [1.165, 1.54) is 7.11 Å². The van der Waals surface area contributed by atoms with E-state index in [1.807, 2.05) is 0 Å². The Morgan fingerprint density at radius 2 is 1.55 bits per heavy atom. The normalized spacial score (nSPS) is 12.6. The predicted octanol–water partition coefficient (Wildman–Crippen LogP) is 1.50. The van der Waals surface area contributed by atoms with Gasteiger partial charge < -0.3 is 25.8 Å². The number of aliphatic hydroxyl groups is 1. The number of hydrogen-bond donors (Lipinski definition) is 4. The van der Waals surface area contributed by atoms with Gasteiger partial charge in [0, 0.05) is 18.5 Å². The number of nitrogens with one attached hydrogen (secondary N) is 3. The topological polar surface area (TPSA) is 134 Å². The molecule has 2 atom stereocenters. The molecule has 4 N–H and O–H groups in total. The van der Waals surface area contributed by atoms with Crippen LogP contribution in [0.4, 0.5) is 5.69 Å². The van der Waals surface area contributed by atoms with Crippen LogP contribution in [0.25, 0.3) is 0 Å². The molecule has 31 heavy (non-hydrogen) atoms. The zero-order chi connectivity index (χ0) is 23.4. The van der Waals surface area contributed by atoms with Gasteiger partial charge in [-0.25, -0.2) is 0 Å². The minimum Gasteiger partial charge on any atom is -0.469 e. The SMILES string of the molecule is COC(=O)CCCCC(=O)NC(C(=O)N[C@@H](C)C(=O)Nc1ccc(CO)cc1)C(C)C. The highest BCUT2D eigenvalue weighted by atomic mass is 16.5. The molecule has 0 heterocycles. The van der Waals surface area contributed by atoms with Crippen molar-refractivity contribution < 1.29 is 29.0 Å². The Morgan fingerprint density at radius 3 is 2.10 bits per heavy atom. The third kappa shape index (κ3) is 9.61. The van der Waals surface area contributed by atoms with Crippen molar-refractivity contribution in [1.82, 2.24) is 10.6 Å². The summed E-state index contributed by atoms with van der Waals surface area (Å²) in [5.74, 6) is -1.64. The molecule has 0 aromatic heterocycles. The number of amides is 3. The Labute approximate surface area is 182 Å². The summed E-state index contributed by atoms with van der Waals surface area (Å²) in [4.78, 5) is 48.3. The van der Waals surface area contributed by atoms with Crippen LogP contribution in [0.15, 0.2) is 24.3 Å². The van der Waals surface area contributed by atoms with Crippen LogP contribution in [0.2, 0.25) is 0 Å². The molecule has 1 rings (SSSR count). The van der Waals surface area contributed by atoms with Gasteiger partial charge in [-0.1, -0.05) is 26.0 Å². The highest BCUT2D eigenvalue weighted by Crippen LogP contribution is 2.10. The van der Waals surface area contributed by atoms with E-state index in [2.05, 4.69) is 20.7 Å². The number of aliphatic hydroxyl groups excluding tert-OH is 1. The zero-order valence-electron chi connectivity index (χ0n) is 18.6. The molecular weight excluding hydrogens is 402 g/mol. The van der Waals surface area contributed by atoms with E-state index < -0.39 is 23.9 Å². The minimum absolute atomic E-state index is 0.0890. The number of hydrogen-bond acceptors (Lipinski definition) is 6. The summed E-state index contributed by atoms with van der Waals surface area (Å²) in [6, 6.07) is 5.10. The third-order valence-corrected chi connectivity index (χ3v) is 4.68. The lowest BCUT2D eigenvalue weighted by Gasteiger charge is -2.24. The van der Waals surface area contributed by atoms with Crippen LogP contribution in [0, 0.1) is 5.92 Å². The van der Waals surface area contributed by atoms with E-state index in [0.29, 0.717) is 18.5 Å². The quantitative estimate of drug-likeness (QED) is 0.290. The van der Waals surface area contributed by atoms with Crippen molar-refractivity contribution in [3.05, 3.63) is 29.8 Å². The molecule has 1 aromatic carbocycles. The largest absolute Gasteiger partial charge is 0.469 e. The molecule has 0 saturated carbocycles. The molecule has 0 fully saturated rings. The Bertz CT molecular complexity index is 748. The lowest BCUT2D eigenvalue weighted by molar-refractivity contribution is -0.140. The van der Waals surface area contributed by atoms with Crippen LogP contribution < -0.4 is 16.0 Å². The lowest BCUT2D eigenvalue weighted by atomic mass is 10.0. The number of methoxy groups -OCH3 is 1. The first-order chi connectivity index (χ1) is 14.7. The van der Waals surface area contributed by atoms with E-state index in [0.717, 1.165) is 5.56 Å². The summed E-state index contributed by atoms with van der Waals surface area (Å²) in [5.41, 5.74) is 1.27. The van der Waals surface area contributed by atoms with Crippen molar-refractivity contribution in [2.75, 3.05) is 12.4 Å². The molecule has 172 valence electrons. The fourth-order valence-corrected chi connectivity index (χ4v) is 2.75. The first-order valence-corrected chi connectivity index (χ1v) is 10.3. The number of benzene rings is 1. The van der Waals surface area contributed by atoms with Gasteiger partial charge in [-0.15, -0.1) is 0 Å². The van der Waals surface area contributed by atoms with Crippen molar-refractivity contribution in [2.24, 2.45) is 5.92 Å². The van der Waals surface area contributed by atoms with Crippen LogP contribution in [0.5, 0.6) is 0 Å². The molecule has 3 amide bonds. The van der Waals surface area contributed by atoms with Crippen molar-refractivity contribution >= 4 is 29.4 Å². The fourth-order valence-electron chi connectivity index (χ4n) is 2.75. The summed E-state index contributed by atoms with van der Waals surface area (Å²) < 4.78 is 4.55. The van der Waals surface area contributed by atoms with Crippen LogP contribution in [-0.2, 0) is 30.5 Å². The molecule has 9 nitrogen and oxygen atoms in total. The first-order valence-electron chi connectivity index (χ1n) is 10.3. The molecule has 0 radical (unpaired) electrons. The molecule has 1 aromatic rings. The van der Waals surface area contributed by atoms with E-state index in [9.17, 15) is 19.2 Å². The molecule has 0 spiro atoms. The van der Waals surface area contributed by atoms with Crippen molar-refractivity contribution in [3.8, 4) is 0 Å². The van der Waals surface area contributed by atoms with Crippen LogP contribution >= 0.6 is 0 Å². The molecular formula is C22H33N3O6. The second-order valence-electron chi connectivity index (χ2n) is 7.65. The monoisotopic (exact) mass is 435 g/mol. The highest BCUT2D eigenvalue weighted by molar-refractivity contribution is 5.98. The summed E-state index contributed by atoms with van der Waals surface area (Å²) in [6.45, 7) is 5.07. The Balaban J connectivity index is 2.54.